The van der Waals surface area contributed by atoms with Crippen molar-refractivity contribution in [1.29, 1.82) is 0 Å². The Balaban J connectivity index is 1.88. The third kappa shape index (κ3) is 4.17. The zero-order valence-corrected chi connectivity index (χ0v) is 17.1. The van der Waals surface area contributed by atoms with Gasteiger partial charge in [0, 0.05) is 11.6 Å². The number of hydrazone groups is 1. The Bertz CT molecular complexity index is 1160. The van der Waals surface area contributed by atoms with Gasteiger partial charge in [-0.2, -0.15) is 9.78 Å². The minimum absolute atomic E-state index is 0.00581. The third-order valence-electron chi connectivity index (χ3n) is 4.28. The lowest BCUT2D eigenvalue weighted by atomic mass is 10.1. The largest absolute Gasteiger partial charge is 0.490 e. The number of anilines is 1. The first-order chi connectivity index (χ1) is 14.7. The molecule has 2 aromatic heterocycles. The summed E-state index contributed by atoms with van der Waals surface area (Å²) in [7, 11) is 1.34. The number of carbonyl (C=O) groups is 1. The van der Waals surface area contributed by atoms with E-state index >= 15 is 0 Å². The average molecular weight is 429 g/mol. The van der Waals surface area contributed by atoms with E-state index in [-0.39, 0.29) is 34.7 Å². The van der Waals surface area contributed by atoms with Crippen molar-refractivity contribution in [2.45, 2.75) is 26.7 Å². The third-order valence-corrected chi connectivity index (χ3v) is 4.28. The van der Waals surface area contributed by atoms with Crippen LogP contribution in [0.15, 0.2) is 27.9 Å². The summed E-state index contributed by atoms with van der Waals surface area (Å²) in [4.78, 5) is 23.3. The molecule has 0 saturated heterocycles. The minimum atomic E-state index is -0.632. The quantitative estimate of drug-likeness (QED) is 0.315. The number of nitro groups is 1. The van der Waals surface area contributed by atoms with Crippen molar-refractivity contribution >= 4 is 23.1 Å². The Morgan fingerprint density at radius 1 is 1.39 bits per heavy atom. The van der Waals surface area contributed by atoms with Gasteiger partial charge in [-0.3, -0.25) is 14.9 Å². The molecule has 0 spiro atoms. The highest BCUT2D eigenvalue weighted by molar-refractivity contribution is 6.01. The van der Waals surface area contributed by atoms with E-state index in [0.29, 0.717) is 17.0 Å². The van der Waals surface area contributed by atoms with Crippen LogP contribution in [0.2, 0.25) is 0 Å². The van der Waals surface area contributed by atoms with Crippen molar-refractivity contribution < 1.29 is 19.1 Å². The summed E-state index contributed by atoms with van der Waals surface area (Å²) >= 11 is 0. The molecule has 0 unspecified atom stereocenters. The van der Waals surface area contributed by atoms with Gasteiger partial charge in [-0.15, -0.1) is 5.10 Å². The molecule has 0 bridgehead atoms. The number of hydrogen-bond acceptors (Lipinski definition) is 11. The smallest absolute Gasteiger partial charge is 0.311 e. The number of nitro benzene ring substituents is 1. The number of rotatable bonds is 7. The SMILES string of the molecule is COc1ccc(/C(C)=N\NC(=O)c2nnn(-c3nonc3N)c2C(C)C)cc1[N+](=O)[O-]. The molecule has 0 saturated carbocycles. The predicted octanol–water partition coefficient (Wildman–Crippen LogP) is 1.43. The van der Waals surface area contributed by atoms with Crippen LogP contribution in [0, 0.1) is 10.1 Å². The fourth-order valence-electron chi connectivity index (χ4n) is 2.77. The zero-order valence-electron chi connectivity index (χ0n) is 17.1. The van der Waals surface area contributed by atoms with Gasteiger partial charge in [0.05, 0.1) is 23.4 Å². The van der Waals surface area contributed by atoms with Crippen LogP contribution < -0.4 is 15.9 Å². The molecule has 1 amide bonds. The van der Waals surface area contributed by atoms with Gasteiger partial charge in [-0.1, -0.05) is 19.1 Å². The molecule has 0 aliphatic heterocycles. The van der Waals surface area contributed by atoms with Crippen LogP contribution in [0.4, 0.5) is 11.5 Å². The number of nitrogens with zero attached hydrogens (tertiary/aromatic N) is 7. The van der Waals surface area contributed by atoms with Crippen molar-refractivity contribution in [2.24, 2.45) is 5.10 Å². The zero-order chi connectivity index (χ0) is 22.7. The van der Waals surface area contributed by atoms with Crippen molar-refractivity contribution in [2.75, 3.05) is 12.8 Å². The van der Waals surface area contributed by atoms with Crippen LogP contribution in [0.5, 0.6) is 5.75 Å². The molecule has 3 N–H and O–H groups in total. The first-order valence-corrected chi connectivity index (χ1v) is 8.96. The number of nitrogen functional groups attached to an aromatic ring is 1. The van der Waals surface area contributed by atoms with Crippen LogP contribution in [-0.4, -0.2) is 49.0 Å². The molecule has 0 fully saturated rings. The Kier molecular flexibility index (Phi) is 5.90. The lowest BCUT2D eigenvalue weighted by molar-refractivity contribution is -0.385. The lowest BCUT2D eigenvalue weighted by Crippen LogP contribution is -2.22. The van der Waals surface area contributed by atoms with E-state index < -0.39 is 10.8 Å². The highest BCUT2D eigenvalue weighted by Crippen LogP contribution is 2.28. The number of aromatic nitrogens is 5. The maximum atomic E-state index is 12.7. The summed E-state index contributed by atoms with van der Waals surface area (Å²) in [5.41, 5.74) is 9.08. The van der Waals surface area contributed by atoms with Gasteiger partial charge in [-0.25, -0.2) is 10.1 Å². The Labute approximate surface area is 175 Å². The predicted molar refractivity (Wildman–Crippen MR) is 107 cm³/mol. The minimum Gasteiger partial charge on any atom is -0.490 e. The molecule has 0 atom stereocenters. The molecular weight excluding hydrogens is 410 g/mol. The maximum absolute atomic E-state index is 12.7. The molecule has 1 aromatic carbocycles. The van der Waals surface area contributed by atoms with E-state index in [1.807, 2.05) is 13.8 Å². The van der Waals surface area contributed by atoms with Crippen LogP contribution in [-0.2, 0) is 0 Å². The fraction of sp³-hybridized carbons (Fsp3) is 0.294. The lowest BCUT2D eigenvalue weighted by Gasteiger charge is -2.08. The molecule has 3 rings (SSSR count). The van der Waals surface area contributed by atoms with Gasteiger partial charge in [0.25, 0.3) is 5.91 Å². The maximum Gasteiger partial charge on any atom is 0.311 e. The first-order valence-electron chi connectivity index (χ1n) is 8.96. The van der Waals surface area contributed by atoms with Crippen LogP contribution >= 0.6 is 0 Å². The number of hydrogen-bond donors (Lipinski definition) is 2. The van der Waals surface area contributed by atoms with E-state index in [2.05, 4.69) is 35.8 Å². The normalized spacial score (nSPS) is 11.6. The fourth-order valence-corrected chi connectivity index (χ4v) is 2.77. The van der Waals surface area contributed by atoms with Gasteiger partial charge in [-0.05, 0) is 35.3 Å². The van der Waals surface area contributed by atoms with Crippen molar-refractivity contribution in [3.8, 4) is 11.6 Å². The van der Waals surface area contributed by atoms with Crippen LogP contribution in [0.25, 0.3) is 5.82 Å². The van der Waals surface area contributed by atoms with Gasteiger partial charge in [0.15, 0.2) is 11.4 Å². The van der Waals surface area contributed by atoms with E-state index in [1.165, 1.54) is 23.9 Å². The summed E-state index contributed by atoms with van der Waals surface area (Å²) < 4.78 is 10.8. The van der Waals surface area contributed by atoms with Crippen molar-refractivity contribution in [3.63, 3.8) is 0 Å². The van der Waals surface area contributed by atoms with E-state index in [1.54, 1.807) is 13.0 Å². The van der Waals surface area contributed by atoms with Crippen LogP contribution in [0.1, 0.15) is 48.4 Å². The van der Waals surface area contributed by atoms with Crippen molar-refractivity contribution in [1.82, 2.24) is 30.7 Å². The topological polar surface area (TPSA) is 189 Å². The number of carbonyl (C=O) groups excluding carboxylic acids is 1. The molecule has 14 nitrogen and oxygen atoms in total. The summed E-state index contributed by atoms with van der Waals surface area (Å²) in [6, 6.07) is 4.35. The molecule has 0 radical (unpaired) electrons. The highest BCUT2D eigenvalue weighted by atomic mass is 16.6. The Hall–Kier alpha value is -4.36. The Morgan fingerprint density at radius 2 is 2.13 bits per heavy atom. The second-order valence-electron chi connectivity index (χ2n) is 6.64. The average Bonchev–Trinajstić information content (AvgIpc) is 3.37. The molecule has 0 aliphatic rings. The monoisotopic (exact) mass is 429 g/mol. The van der Waals surface area contributed by atoms with E-state index in [0.717, 1.165) is 0 Å². The van der Waals surface area contributed by atoms with Gasteiger partial charge < -0.3 is 10.5 Å². The van der Waals surface area contributed by atoms with E-state index in [9.17, 15) is 14.9 Å². The number of ether oxygens (including phenoxy) is 1. The van der Waals surface area contributed by atoms with Crippen molar-refractivity contribution in [3.05, 3.63) is 45.3 Å². The second-order valence-corrected chi connectivity index (χ2v) is 6.64. The number of benzene rings is 1. The highest BCUT2D eigenvalue weighted by Gasteiger charge is 2.26. The number of amides is 1. The molecule has 2 heterocycles. The van der Waals surface area contributed by atoms with Gasteiger partial charge in [0.1, 0.15) is 0 Å². The number of nitrogens with two attached hydrogens (primary N) is 1. The summed E-state index contributed by atoms with van der Waals surface area (Å²) in [6.45, 7) is 5.26. The first kappa shape index (κ1) is 21.4. The molecular formula is C17H19N9O5. The van der Waals surface area contributed by atoms with Gasteiger partial charge >= 0.3 is 5.69 Å². The molecule has 3 aromatic rings. The summed E-state index contributed by atoms with van der Waals surface area (Å²) in [6.07, 6.45) is 0. The number of nitrogens with one attached hydrogen (secondary N) is 1. The molecule has 162 valence electrons. The van der Waals surface area contributed by atoms with Gasteiger partial charge in [0.2, 0.25) is 11.6 Å². The summed E-state index contributed by atoms with van der Waals surface area (Å²) in [5.74, 6) is -0.590. The molecule has 0 aliphatic carbocycles. The Morgan fingerprint density at radius 3 is 2.71 bits per heavy atom. The second kappa shape index (κ2) is 8.56. The molecule has 14 heteroatoms. The van der Waals surface area contributed by atoms with E-state index in [4.69, 9.17) is 10.5 Å². The standard InChI is InChI=1S/C17H19N9O5/c1-8(2)14-13(20-24-25(14)16-15(18)22-31-23-16)17(27)21-19-9(3)10-5-6-12(30-4)11(7-10)26(28)29/h5-8H,1-4H3,(H2,18,22)(H,21,27)/b19-9-. The summed E-state index contributed by atoms with van der Waals surface area (Å²) in [5, 5.41) is 30.2. The molecule has 31 heavy (non-hydrogen) atoms. The van der Waals surface area contributed by atoms with Crippen LogP contribution in [0.3, 0.4) is 0 Å². The number of methoxy groups -OCH3 is 1.